The smallest absolute Gasteiger partial charge is 0.286 e. The van der Waals surface area contributed by atoms with Gasteiger partial charge in [0.15, 0.2) is 0 Å². The Kier molecular flexibility index (Phi) is 9.77. The summed E-state index contributed by atoms with van der Waals surface area (Å²) >= 11 is 6.44. The van der Waals surface area contributed by atoms with Gasteiger partial charge in [0, 0.05) is 48.6 Å². The number of aromatic nitrogens is 2. The molecule has 2 aliphatic carbocycles. The van der Waals surface area contributed by atoms with E-state index in [1.807, 2.05) is 18.2 Å². The van der Waals surface area contributed by atoms with Gasteiger partial charge in [-0.15, -0.1) is 4.36 Å². The number of hydrogen-bond donors (Lipinski definition) is 1. The first-order valence-electron chi connectivity index (χ1n) is 17.1. The molecule has 3 heterocycles. The van der Waals surface area contributed by atoms with Crippen molar-refractivity contribution < 1.29 is 23.3 Å². The highest BCUT2D eigenvalue weighted by Gasteiger charge is 2.44. The lowest BCUT2D eigenvalue weighted by Crippen LogP contribution is -2.49. The van der Waals surface area contributed by atoms with E-state index in [0.29, 0.717) is 49.1 Å². The van der Waals surface area contributed by atoms with E-state index < -0.39 is 21.7 Å². The Balaban J connectivity index is 1.27. The number of methoxy groups -OCH3 is 1. The van der Waals surface area contributed by atoms with Gasteiger partial charge in [-0.3, -0.25) is 14.3 Å². The number of nitrogens with zero attached hydrogens (tertiary/aromatic N) is 4. The fourth-order valence-electron chi connectivity index (χ4n) is 7.89. The zero-order chi connectivity index (χ0) is 34.0. The van der Waals surface area contributed by atoms with Gasteiger partial charge in [-0.25, -0.2) is 14.2 Å². The summed E-state index contributed by atoms with van der Waals surface area (Å²) in [6.45, 7) is 2.00. The quantitative estimate of drug-likeness (QED) is 0.335. The third kappa shape index (κ3) is 7.25. The Morgan fingerprint density at radius 2 is 2.02 bits per heavy atom. The largest absolute Gasteiger partial charge is 0.490 e. The van der Waals surface area contributed by atoms with Gasteiger partial charge in [0.1, 0.15) is 21.5 Å². The minimum atomic E-state index is -3.46. The van der Waals surface area contributed by atoms with E-state index in [4.69, 9.17) is 21.1 Å². The molecule has 1 saturated carbocycles. The van der Waals surface area contributed by atoms with Crippen molar-refractivity contribution in [2.24, 2.45) is 16.2 Å². The Bertz CT molecular complexity index is 1880. The van der Waals surface area contributed by atoms with Crippen LogP contribution in [0.15, 0.2) is 71.4 Å². The second-order valence-corrected chi connectivity index (χ2v) is 16.2. The summed E-state index contributed by atoms with van der Waals surface area (Å²) in [7, 11) is -1.71. The molecule has 1 aromatic heterocycles. The van der Waals surface area contributed by atoms with Crippen LogP contribution < -0.4 is 14.4 Å². The van der Waals surface area contributed by atoms with Crippen molar-refractivity contribution in [3.05, 3.63) is 94.5 Å². The molecule has 0 saturated heterocycles. The molecule has 2 aliphatic heterocycles. The second kappa shape index (κ2) is 14.2. The van der Waals surface area contributed by atoms with Crippen LogP contribution in [0.1, 0.15) is 65.8 Å². The van der Waals surface area contributed by atoms with E-state index in [2.05, 4.69) is 48.2 Å². The zero-order valence-corrected chi connectivity index (χ0v) is 29.3. The molecule has 7 rings (SSSR count). The number of fused-ring (bicyclic) bond motifs is 4. The van der Waals surface area contributed by atoms with Gasteiger partial charge in [-0.05, 0) is 104 Å². The number of rotatable bonds is 4. The van der Waals surface area contributed by atoms with Gasteiger partial charge in [-0.2, -0.15) is 0 Å². The van der Waals surface area contributed by atoms with Crippen LogP contribution in [0.4, 0.5) is 5.69 Å². The highest BCUT2D eigenvalue weighted by Crippen LogP contribution is 2.47. The minimum Gasteiger partial charge on any atom is -0.490 e. The monoisotopic (exact) mass is 703 g/mol. The van der Waals surface area contributed by atoms with E-state index >= 15 is 0 Å². The topological polar surface area (TPSA) is 123 Å². The Morgan fingerprint density at radius 1 is 1.16 bits per heavy atom. The molecule has 1 unspecified atom stereocenters. The highest BCUT2D eigenvalue weighted by atomic mass is 35.5. The molecule has 49 heavy (non-hydrogen) atoms. The fourth-order valence-corrected chi connectivity index (χ4v) is 9.69. The van der Waals surface area contributed by atoms with Gasteiger partial charge >= 0.3 is 0 Å². The summed E-state index contributed by atoms with van der Waals surface area (Å²) in [5.74, 6) is 0.534. The normalized spacial score (nSPS) is 28.9. The summed E-state index contributed by atoms with van der Waals surface area (Å²) in [5, 5.41) is 0.739. The molecule has 2 aromatic carbocycles. The molecule has 4 aliphatic rings. The lowest BCUT2D eigenvalue weighted by atomic mass is 9.68. The standard InChI is InChI=1S/C37H42ClN5O5S/c1-47-32-8-3-2-4-18-49(46,41-35(44)21-34-39-16-6-17-40-34)42-36(45)26-10-14-33-31(20-26)43(22-27-9-12-29(27)32)23-37(24-48-33)15-5-7-25-19-28(38)11-13-30(25)37/h3,6,8,10-11,13-14,16-17,19-20,27,29,32H,2,4-5,7,9,12,15,18,21-24H2,1H3,(H,41,42,44,45,46)/b8-3-/t27-,29+,32-,37-,49?/m0/s1. The van der Waals surface area contributed by atoms with E-state index in [0.717, 1.165) is 49.4 Å². The summed E-state index contributed by atoms with van der Waals surface area (Å²) < 4.78 is 33.6. The number of carbonyl (C=O) groups excluding carboxylic acids is 2. The maximum atomic E-state index is 14.2. The molecule has 1 fully saturated rings. The van der Waals surface area contributed by atoms with Gasteiger partial charge in [0.25, 0.3) is 5.91 Å². The van der Waals surface area contributed by atoms with E-state index in [-0.39, 0.29) is 29.5 Å². The van der Waals surface area contributed by atoms with Crippen molar-refractivity contribution in [3.8, 4) is 5.75 Å². The van der Waals surface area contributed by atoms with Gasteiger partial charge in [0.05, 0.1) is 30.6 Å². The predicted molar refractivity (Wildman–Crippen MR) is 189 cm³/mol. The van der Waals surface area contributed by atoms with Crippen LogP contribution in [0.5, 0.6) is 5.75 Å². The number of halogens is 1. The Morgan fingerprint density at radius 3 is 2.82 bits per heavy atom. The van der Waals surface area contributed by atoms with E-state index in [1.165, 1.54) is 23.5 Å². The first-order chi connectivity index (χ1) is 23.7. The fraction of sp³-hybridized carbons (Fsp3) is 0.459. The van der Waals surface area contributed by atoms with Crippen molar-refractivity contribution in [2.45, 2.75) is 62.9 Å². The summed E-state index contributed by atoms with van der Waals surface area (Å²) in [6, 6.07) is 13.2. The average molecular weight is 704 g/mol. The first kappa shape index (κ1) is 33.7. The van der Waals surface area contributed by atoms with Crippen LogP contribution in [-0.2, 0) is 37.7 Å². The van der Waals surface area contributed by atoms with Crippen LogP contribution in [0.2, 0.25) is 5.02 Å². The number of amides is 2. The molecule has 2 amide bonds. The lowest BCUT2D eigenvalue weighted by molar-refractivity contribution is -0.118. The maximum absolute atomic E-state index is 14.2. The third-order valence-corrected chi connectivity index (χ3v) is 12.6. The van der Waals surface area contributed by atoms with Crippen LogP contribution in [0, 0.1) is 11.8 Å². The Labute approximate surface area is 293 Å². The van der Waals surface area contributed by atoms with Crippen LogP contribution in [0.25, 0.3) is 0 Å². The van der Waals surface area contributed by atoms with Crippen LogP contribution >= 0.6 is 11.6 Å². The predicted octanol–water partition coefficient (Wildman–Crippen LogP) is 5.88. The SMILES string of the molecule is CO[C@H]1/C=C\CCCS(=O)(NC(=O)Cc2ncccn2)=NC(=O)c2ccc3c(c2)N(C[C@@H]2CC[C@H]21)C[C@@]1(CCCc2cc(Cl)ccc21)CO3. The number of ether oxygens (including phenoxy) is 2. The molecular weight excluding hydrogens is 662 g/mol. The van der Waals surface area contributed by atoms with Crippen molar-refractivity contribution in [1.82, 2.24) is 14.7 Å². The van der Waals surface area contributed by atoms with Crippen molar-refractivity contribution in [1.29, 1.82) is 0 Å². The first-order valence-corrected chi connectivity index (χ1v) is 19.2. The Hall–Kier alpha value is -3.80. The van der Waals surface area contributed by atoms with E-state index in [1.54, 1.807) is 19.2 Å². The summed E-state index contributed by atoms with van der Waals surface area (Å²) in [4.78, 5) is 37.4. The molecule has 10 nitrogen and oxygen atoms in total. The number of aryl methyl sites for hydroxylation is 1. The summed E-state index contributed by atoms with van der Waals surface area (Å²) in [6.07, 6.45) is 13.2. The molecule has 258 valence electrons. The number of hydrogen-bond acceptors (Lipinski definition) is 8. The number of carbonyl (C=O) groups is 2. The molecule has 0 radical (unpaired) electrons. The average Bonchev–Trinajstić information content (AvgIpc) is 3.22. The van der Waals surface area contributed by atoms with Crippen LogP contribution in [0.3, 0.4) is 0 Å². The van der Waals surface area contributed by atoms with Crippen molar-refractivity contribution in [3.63, 3.8) is 0 Å². The van der Waals surface area contributed by atoms with Crippen molar-refractivity contribution in [2.75, 3.05) is 37.5 Å². The van der Waals surface area contributed by atoms with Crippen LogP contribution in [-0.4, -0.2) is 64.7 Å². The minimum absolute atomic E-state index is 0.0142. The molecule has 1 spiro atoms. The maximum Gasteiger partial charge on any atom is 0.286 e. The van der Waals surface area contributed by atoms with Gasteiger partial charge < -0.3 is 14.4 Å². The molecule has 12 heteroatoms. The number of nitrogens with one attached hydrogen (secondary N) is 1. The lowest BCUT2D eigenvalue weighted by Gasteiger charge is -2.46. The number of allylic oxidation sites excluding steroid dienone is 1. The number of benzene rings is 2. The highest BCUT2D eigenvalue weighted by molar-refractivity contribution is 7.92. The van der Waals surface area contributed by atoms with Gasteiger partial charge in [0.2, 0.25) is 5.91 Å². The summed E-state index contributed by atoms with van der Waals surface area (Å²) in [5.41, 5.74) is 3.39. The molecule has 2 bridgehead atoms. The molecule has 1 N–H and O–H groups in total. The van der Waals surface area contributed by atoms with Gasteiger partial charge in [-0.1, -0.05) is 29.8 Å². The number of anilines is 1. The van der Waals surface area contributed by atoms with E-state index in [9.17, 15) is 13.8 Å². The molecule has 5 atom stereocenters. The third-order valence-electron chi connectivity index (χ3n) is 10.5. The second-order valence-electron chi connectivity index (χ2n) is 13.7. The van der Waals surface area contributed by atoms with Crippen molar-refractivity contribution >= 4 is 39.0 Å². The zero-order valence-electron chi connectivity index (χ0n) is 27.7. The molecule has 3 aromatic rings. The molecular formula is C37H42ClN5O5S.